The highest BCUT2D eigenvalue weighted by Crippen LogP contribution is 2.12. The number of carbonyl (C=O) groups excluding carboxylic acids is 1. The van der Waals surface area contributed by atoms with Crippen LogP contribution in [0.3, 0.4) is 0 Å². The number of amides is 1. The lowest BCUT2D eigenvalue weighted by atomic mass is 10.1. The minimum atomic E-state index is -0.466. The van der Waals surface area contributed by atoms with E-state index in [9.17, 15) is 9.18 Å². The van der Waals surface area contributed by atoms with Crippen molar-refractivity contribution in [3.63, 3.8) is 0 Å². The topological polar surface area (TPSA) is 29.1 Å². The van der Waals surface area contributed by atoms with Gasteiger partial charge in [0.15, 0.2) is 0 Å². The molecule has 2 nitrogen and oxygen atoms in total. The van der Waals surface area contributed by atoms with E-state index >= 15 is 0 Å². The molecule has 0 aliphatic heterocycles. The Bertz CT molecular complexity index is 395. The van der Waals surface area contributed by atoms with E-state index in [-0.39, 0.29) is 10.9 Å². The largest absolute Gasteiger partial charge is 0.350 e. The molecule has 0 aliphatic rings. The number of carbonyl (C=O) groups is 1. The molecule has 4 heteroatoms. The van der Waals surface area contributed by atoms with E-state index in [0.717, 1.165) is 12.8 Å². The highest BCUT2D eigenvalue weighted by Gasteiger charge is 2.13. The van der Waals surface area contributed by atoms with Crippen LogP contribution in [0.5, 0.6) is 0 Å². The summed E-state index contributed by atoms with van der Waals surface area (Å²) in [5, 5.41) is 2.54. The van der Waals surface area contributed by atoms with Crippen molar-refractivity contribution in [3.05, 3.63) is 35.1 Å². The molecule has 1 amide bonds. The highest BCUT2D eigenvalue weighted by molar-refractivity contribution is 6.20. The summed E-state index contributed by atoms with van der Waals surface area (Å²) in [7, 11) is 0. The van der Waals surface area contributed by atoms with Crippen LogP contribution in [0, 0.1) is 12.7 Å². The standard InChI is InChI=1S/C13H17ClFNO/c1-3-5-10(14)8-16-13(17)11-7-4-6-9(2)12(11)15/h4,6-7,10H,3,5,8H2,1-2H3,(H,16,17). The van der Waals surface area contributed by atoms with Crippen molar-refractivity contribution in [2.24, 2.45) is 0 Å². The Balaban J connectivity index is 2.61. The number of hydrogen-bond donors (Lipinski definition) is 1. The van der Waals surface area contributed by atoms with Crippen LogP contribution in [-0.4, -0.2) is 17.8 Å². The molecule has 94 valence electrons. The van der Waals surface area contributed by atoms with Gasteiger partial charge >= 0.3 is 0 Å². The van der Waals surface area contributed by atoms with Crippen molar-refractivity contribution in [1.29, 1.82) is 0 Å². The fraction of sp³-hybridized carbons (Fsp3) is 0.462. The van der Waals surface area contributed by atoms with Gasteiger partial charge in [-0.3, -0.25) is 4.79 Å². The summed E-state index contributed by atoms with van der Waals surface area (Å²) in [5.74, 6) is -0.875. The number of halogens is 2. The number of benzene rings is 1. The van der Waals surface area contributed by atoms with E-state index in [1.807, 2.05) is 6.92 Å². The fourth-order valence-corrected chi connectivity index (χ4v) is 1.83. The molecule has 0 saturated heterocycles. The normalized spacial score (nSPS) is 12.2. The van der Waals surface area contributed by atoms with Crippen LogP contribution in [0.15, 0.2) is 18.2 Å². The molecule has 1 atom stereocenters. The molecule has 0 saturated carbocycles. The molecular formula is C13H17ClFNO. The van der Waals surface area contributed by atoms with Gasteiger partial charge in [0, 0.05) is 6.54 Å². The maximum absolute atomic E-state index is 13.6. The van der Waals surface area contributed by atoms with Crippen LogP contribution in [-0.2, 0) is 0 Å². The van der Waals surface area contributed by atoms with Crippen molar-refractivity contribution in [3.8, 4) is 0 Å². The molecule has 0 fully saturated rings. The van der Waals surface area contributed by atoms with E-state index < -0.39 is 11.7 Å². The third-order valence-corrected chi connectivity index (χ3v) is 2.89. The molecule has 0 bridgehead atoms. The van der Waals surface area contributed by atoms with Gasteiger partial charge in [0.05, 0.1) is 10.9 Å². The van der Waals surface area contributed by atoms with Gasteiger partial charge in [0.1, 0.15) is 5.82 Å². The minimum absolute atomic E-state index is 0.0744. The van der Waals surface area contributed by atoms with Crippen LogP contribution in [0.25, 0.3) is 0 Å². The smallest absolute Gasteiger partial charge is 0.254 e. The van der Waals surface area contributed by atoms with Crippen molar-refractivity contribution in [2.45, 2.75) is 32.1 Å². The monoisotopic (exact) mass is 257 g/mol. The van der Waals surface area contributed by atoms with E-state index in [1.54, 1.807) is 19.1 Å². The third-order valence-electron chi connectivity index (χ3n) is 2.52. The zero-order chi connectivity index (χ0) is 12.8. The Kier molecular flexibility index (Phi) is 5.42. The van der Waals surface area contributed by atoms with E-state index in [4.69, 9.17) is 11.6 Å². The molecule has 1 aromatic carbocycles. The van der Waals surface area contributed by atoms with Crippen molar-refractivity contribution >= 4 is 17.5 Å². The van der Waals surface area contributed by atoms with Crippen LogP contribution in [0.2, 0.25) is 0 Å². The Hall–Kier alpha value is -1.09. The average Bonchev–Trinajstić information content (AvgIpc) is 2.30. The summed E-state index contributed by atoms with van der Waals surface area (Å²) in [6.07, 6.45) is 1.79. The Morgan fingerprint density at radius 2 is 2.24 bits per heavy atom. The quantitative estimate of drug-likeness (QED) is 0.806. The van der Waals surface area contributed by atoms with Gasteiger partial charge < -0.3 is 5.32 Å². The number of hydrogen-bond acceptors (Lipinski definition) is 1. The van der Waals surface area contributed by atoms with Gasteiger partial charge in [-0.2, -0.15) is 0 Å². The lowest BCUT2D eigenvalue weighted by Gasteiger charge is -2.10. The van der Waals surface area contributed by atoms with Crippen molar-refractivity contribution < 1.29 is 9.18 Å². The summed E-state index contributed by atoms with van der Waals surface area (Å²) in [6, 6.07) is 4.77. The summed E-state index contributed by atoms with van der Waals surface area (Å²) >= 11 is 5.98. The first-order valence-electron chi connectivity index (χ1n) is 5.73. The van der Waals surface area contributed by atoms with Gasteiger partial charge in [-0.1, -0.05) is 25.5 Å². The average molecular weight is 258 g/mol. The van der Waals surface area contributed by atoms with Gasteiger partial charge in [-0.05, 0) is 25.0 Å². The first kappa shape index (κ1) is 14.0. The summed E-state index contributed by atoms with van der Waals surface area (Å²) in [5.41, 5.74) is 0.541. The Labute approximate surface area is 106 Å². The second kappa shape index (κ2) is 6.60. The second-order valence-electron chi connectivity index (χ2n) is 4.03. The van der Waals surface area contributed by atoms with Gasteiger partial charge in [0.2, 0.25) is 0 Å². The Morgan fingerprint density at radius 3 is 2.88 bits per heavy atom. The zero-order valence-electron chi connectivity index (χ0n) is 10.1. The predicted molar refractivity (Wildman–Crippen MR) is 68.0 cm³/mol. The van der Waals surface area contributed by atoms with Crippen molar-refractivity contribution in [2.75, 3.05) is 6.54 Å². The molecule has 1 unspecified atom stereocenters. The Morgan fingerprint density at radius 1 is 1.53 bits per heavy atom. The second-order valence-corrected chi connectivity index (χ2v) is 4.65. The van der Waals surface area contributed by atoms with E-state index in [0.29, 0.717) is 12.1 Å². The molecule has 1 N–H and O–H groups in total. The molecule has 1 rings (SSSR count). The SMILES string of the molecule is CCCC(Cl)CNC(=O)c1cccc(C)c1F. The minimum Gasteiger partial charge on any atom is -0.350 e. The summed E-state index contributed by atoms with van der Waals surface area (Å²) in [6.45, 7) is 4.02. The molecule has 0 aliphatic carbocycles. The number of rotatable bonds is 5. The van der Waals surface area contributed by atoms with E-state index in [2.05, 4.69) is 5.32 Å². The molecule has 17 heavy (non-hydrogen) atoms. The number of nitrogens with one attached hydrogen (secondary N) is 1. The summed E-state index contributed by atoms with van der Waals surface area (Å²) in [4.78, 5) is 11.7. The molecule has 1 aromatic rings. The van der Waals surface area contributed by atoms with Crippen LogP contribution in [0.1, 0.15) is 35.7 Å². The van der Waals surface area contributed by atoms with Gasteiger partial charge in [-0.25, -0.2) is 4.39 Å². The maximum Gasteiger partial charge on any atom is 0.254 e. The molecule has 0 spiro atoms. The molecule has 0 heterocycles. The lowest BCUT2D eigenvalue weighted by Crippen LogP contribution is -2.30. The van der Waals surface area contributed by atoms with Gasteiger partial charge in [0.25, 0.3) is 5.91 Å². The fourth-order valence-electron chi connectivity index (χ4n) is 1.54. The van der Waals surface area contributed by atoms with Crippen LogP contribution >= 0.6 is 11.6 Å². The zero-order valence-corrected chi connectivity index (χ0v) is 10.9. The number of alkyl halides is 1. The van der Waals surface area contributed by atoms with E-state index in [1.165, 1.54) is 6.07 Å². The highest BCUT2D eigenvalue weighted by atomic mass is 35.5. The first-order chi connectivity index (χ1) is 8.06. The third kappa shape index (κ3) is 4.00. The van der Waals surface area contributed by atoms with Crippen molar-refractivity contribution in [1.82, 2.24) is 5.32 Å². The predicted octanol–water partition coefficient (Wildman–Crippen LogP) is 3.27. The van der Waals surface area contributed by atoms with Crippen LogP contribution in [0.4, 0.5) is 4.39 Å². The lowest BCUT2D eigenvalue weighted by molar-refractivity contribution is 0.0949. The molecule has 0 radical (unpaired) electrons. The number of aryl methyl sites for hydroxylation is 1. The molecule has 0 aromatic heterocycles. The first-order valence-corrected chi connectivity index (χ1v) is 6.17. The summed E-state index contributed by atoms with van der Waals surface area (Å²) < 4.78 is 13.6. The van der Waals surface area contributed by atoms with Crippen LogP contribution < -0.4 is 5.32 Å². The van der Waals surface area contributed by atoms with Gasteiger partial charge in [-0.15, -0.1) is 11.6 Å². The molecular weight excluding hydrogens is 241 g/mol. The maximum atomic E-state index is 13.6.